The fourth-order valence-corrected chi connectivity index (χ4v) is 2.47. The highest BCUT2D eigenvalue weighted by atomic mass is 15.0. The summed E-state index contributed by atoms with van der Waals surface area (Å²) in [7, 11) is 0. The largest absolute Gasteiger partial charge is 0.350 e. The van der Waals surface area contributed by atoms with Crippen LogP contribution in [0.15, 0.2) is 42.6 Å². The molecule has 0 unspecified atom stereocenters. The van der Waals surface area contributed by atoms with Gasteiger partial charge >= 0.3 is 0 Å². The number of nitrogens with one attached hydrogen (secondary N) is 1. The van der Waals surface area contributed by atoms with Gasteiger partial charge in [-0.2, -0.15) is 0 Å². The Bertz CT molecular complexity index is 499. The van der Waals surface area contributed by atoms with Gasteiger partial charge in [-0.05, 0) is 36.1 Å². The van der Waals surface area contributed by atoms with E-state index in [1.165, 1.54) is 23.2 Å². The maximum Gasteiger partial charge on any atom is 0.0362 e. The van der Waals surface area contributed by atoms with Crippen LogP contribution in [0.25, 0.3) is 0 Å². The van der Waals surface area contributed by atoms with E-state index in [0.29, 0.717) is 0 Å². The Kier molecular flexibility index (Phi) is 5.22. The molecular weight excluding hydrogens is 232 g/mol. The van der Waals surface area contributed by atoms with Crippen molar-refractivity contribution in [1.29, 1.82) is 0 Å². The molecule has 0 radical (unpaired) electrons. The van der Waals surface area contributed by atoms with Crippen LogP contribution in [0.2, 0.25) is 0 Å². The number of hydrogen-bond donors (Lipinski definition) is 1. The first kappa shape index (κ1) is 13.9. The van der Waals surface area contributed by atoms with Crippen LogP contribution in [-0.2, 0) is 26.1 Å². The second-order valence-electron chi connectivity index (χ2n) is 4.92. The van der Waals surface area contributed by atoms with Gasteiger partial charge in [0.1, 0.15) is 0 Å². The van der Waals surface area contributed by atoms with Gasteiger partial charge in [0, 0.05) is 31.5 Å². The number of hydrogen-bond acceptors (Lipinski definition) is 1. The lowest BCUT2D eigenvalue weighted by Crippen LogP contribution is -2.16. The summed E-state index contributed by atoms with van der Waals surface area (Å²) in [5.74, 6) is 0. The van der Waals surface area contributed by atoms with Crippen LogP contribution < -0.4 is 5.32 Å². The van der Waals surface area contributed by atoms with E-state index < -0.39 is 0 Å². The normalized spacial score (nSPS) is 10.8. The number of aryl methyl sites for hydroxylation is 2. The number of benzene rings is 1. The molecule has 0 bridgehead atoms. The molecule has 0 saturated carbocycles. The van der Waals surface area contributed by atoms with Crippen molar-refractivity contribution in [2.45, 2.75) is 46.3 Å². The zero-order chi connectivity index (χ0) is 13.5. The Labute approximate surface area is 116 Å². The van der Waals surface area contributed by atoms with Crippen LogP contribution in [0, 0.1) is 0 Å². The highest BCUT2D eigenvalue weighted by Gasteiger charge is 2.02. The standard InChI is InChI=1S/C17H24N2/c1-3-11-19-12-7-10-17(19)14-18-13-16-9-6-5-8-15(16)4-2/h5-10,12,18H,3-4,11,13-14H2,1-2H3. The van der Waals surface area contributed by atoms with Gasteiger partial charge in [-0.3, -0.25) is 0 Å². The van der Waals surface area contributed by atoms with Gasteiger partial charge in [0.2, 0.25) is 0 Å². The molecule has 1 aromatic heterocycles. The van der Waals surface area contributed by atoms with Crippen molar-refractivity contribution in [3.05, 3.63) is 59.4 Å². The first-order chi connectivity index (χ1) is 9.35. The first-order valence-corrected chi connectivity index (χ1v) is 7.26. The molecule has 0 aliphatic heterocycles. The monoisotopic (exact) mass is 256 g/mol. The third kappa shape index (κ3) is 3.71. The van der Waals surface area contributed by atoms with Gasteiger partial charge in [0.05, 0.1) is 0 Å². The molecule has 0 amide bonds. The fraction of sp³-hybridized carbons (Fsp3) is 0.412. The molecule has 1 N–H and O–H groups in total. The fourth-order valence-electron chi connectivity index (χ4n) is 2.47. The Morgan fingerprint density at radius 2 is 1.74 bits per heavy atom. The zero-order valence-corrected chi connectivity index (χ0v) is 12.0. The van der Waals surface area contributed by atoms with Crippen molar-refractivity contribution in [3.63, 3.8) is 0 Å². The van der Waals surface area contributed by atoms with E-state index in [4.69, 9.17) is 0 Å². The van der Waals surface area contributed by atoms with Gasteiger partial charge in [-0.15, -0.1) is 0 Å². The topological polar surface area (TPSA) is 17.0 Å². The number of aromatic nitrogens is 1. The Morgan fingerprint density at radius 1 is 0.947 bits per heavy atom. The summed E-state index contributed by atoms with van der Waals surface area (Å²) in [6.07, 6.45) is 4.45. The summed E-state index contributed by atoms with van der Waals surface area (Å²) in [5, 5.41) is 3.56. The quantitative estimate of drug-likeness (QED) is 0.798. The van der Waals surface area contributed by atoms with Crippen molar-refractivity contribution in [2.24, 2.45) is 0 Å². The Morgan fingerprint density at radius 3 is 2.47 bits per heavy atom. The van der Waals surface area contributed by atoms with Crippen molar-refractivity contribution < 1.29 is 0 Å². The van der Waals surface area contributed by atoms with E-state index in [-0.39, 0.29) is 0 Å². The summed E-state index contributed by atoms with van der Waals surface area (Å²) in [6, 6.07) is 13.0. The molecule has 2 rings (SSSR count). The van der Waals surface area contributed by atoms with Crippen molar-refractivity contribution >= 4 is 0 Å². The van der Waals surface area contributed by atoms with E-state index in [2.05, 4.69) is 66.3 Å². The molecule has 0 atom stereocenters. The Hall–Kier alpha value is -1.54. The van der Waals surface area contributed by atoms with Crippen LogP contribution in [0.1, 0.15) is 37.1 Å². The van der Waals surface area contributed by atoms with Gasteiger partial charge in [0.25, 0.3) is 0 Å². The van der Waals surface area contributed by atoms with Gasteiger partial charge in [0.15, 0.2) is 0 Å². The smallest absolute Gasteiger partial charge is 0.0362 e. The van der Waals surface area contributed by atoms with Crippen molar-refractivity contribution in [3.8, 4) is 0 Å². The van der Waals surface area contributed by atoms with E-state index in [9.17, 15) is 0 Å². The third-order valence-electron chi connectivity index (χ3n) is 3.51. The molecule has 0 fully saturated rings. The molecule has 2 heteroatoms. The summed E-state index contributed by atoms with van der Waals surface area (Å²) >= 11 is 0. The molecule has 1 aromatic carbocycles. The second-order valence-corrected chi connectivity index (χ2v) is 4.92. The maximum absolute atomic E-state index is 3.56. The van der Waals surface area contributed by atoms with Crippen molar-refractivity contribution in [1.82, 2.24) is 9.88 Å². The molecule has 0 aliphatic carbocycles. The molecule has 1 heterocycles. The molecule has 2 aromatic rings. The predicted molar refractivity (Wildman–Crippen MR) is 81.1 cm³/mol. The number of rotatable bonds is 7. The van der Waals surface area contributed by atoms with E-state index >= 15 is 0 Å². The van der Waals surface area contributed by atoms with E-state index in [0.717, 1.165) is 26.1 Å². The van der Waals surface area contributed by atoms with Gasteiger partial charge < -0.3 is 9.88 Å². The molecule has 102 valence electrons. The first-order valence-electron chi connectivity index (χ1n) is 7.26. The van der Waals surface area contributed by atoms with Crippen LogP contribution in [-0.4, -0.2) is 4.57 Å². The van der Waals surface area contributed by atoms with Crippen LogP contribution >= 0.6 is 0 Å². The minimum atomic E-state index is 0.936. The van der Waals surface area contributed by atoms with Crippen molar-refractivity contribution in [2.75, 3.05) is 0 Å². The minimum Gasteiger partial charge on any atom is -0.350 e. The van der Waals surface area contributed by atoms with Crippen LogP contribution in [0.3, 0.4) is 0 Å². The Balaban J connectivity index is 1.91. The summed E-state index contributed by atoms with van der Waals surface area (Å²) in [5.41, 5.74) is 4.23. The molecule has 0 saturated heterocycles. The summed E-state index contributed by atoms with van der Waals surface area (Å²) in [4.78, 5) is 0. The van der Waals surface area contributed by atoms with E-state index in [1.807, 2.05) is 0 Å². The van der Waals surface area contributed by atoms with E-state index in [1.54, 1.807) is 0 Å². The highest BCUT2D eigenvalue weighted by molar-refractivity contribution is 5.26. The minimum absolute atomic E-state index is 0.936. The maximum atomic E-state index is 3.56. The molecule has 0 aliphatic rings. The summed E-state index contributed by atoms with van der Waals surface area (Å²) < 4.78 is 2.33. The third-order valence-corrected chi connectivity index (χ3v) is 3.51. The highest BCUT2D eigenvalue weighted by Crippen LogP contribution is 2.10. The number of nitrogens with zero attached hydrogens (tertiary/aromatic N) is 1. The van der Waals surface area contributed by atoms with Gasteiger partial charge in [-0.25, -0.2) is 0 Å². The van der Waals surface area contributed by atoms with Crippen LogP contribution in [0.4, 0.5) is 0 Å². The van der Waals surface area contributed by atoms with Crippen LogP contribution in [0.5, 0.6) is 0 Å². The van der Waals surface area contributed by atoms with Gasteiger partial charge in [-0.1, -0.05) is 38.1 Å². The lowest BCUT2D eigenvalue weighted by Gasteiger charge is -2.11. The lowest BCUT2D eigenvalue weighted by molar-refractivity contribution is 0.601. The lowest BCUT2D eigenvalue weighted by atomic mass is 10.1. The average molecular weight is 256 g/mol. The average Bonchev–Trinajstić information content (AvgIpc) is 2.87. The summed E-state index contributed by atoms with van der Waals surface area (Å²) in [6.45, 7) is 7.42. The second kappa shape index (κ2) is 7.15. The molecule has 19 heavy (non-hydrogen) atoms. The molecular formula is C17H24N2. The molecule has 2 nitrogen and oxygen atoms in total. The zero-order valence-electron chi connectivity index (χ0n) is 12.0. The predicted octanol–water partition coefficient (Wildman–Crippen LogP) is 3.75. The SMILES string of the molecule is CCCn1cccc1CNCc1ccccc1CC. The molecule has 0 spiro atoms.